The van der Waals surface area contributed by atoms with Crippen LogP contribution in [0.4, 0.5) is 4.79 Å². The number of carbonyl (C=O) groups is 3. The molecule has 0 spiro atoms. The van der Waals surface area contributed by atoms with Crippen molar-refractivity contribution in [1.29, 1.82) is 0 Å². The normalized spacial score (nSPS) is 11.5. The van der Waals surface area contributed by atoms with E-state index in [-0.39, 0.29) is 11.6 Å². The van der Waals surface area contributed by atoms with E-state index >= 15 is 0 Å². The fraction of sp³-hybridized carbons (Fsp3) is 0.395. The number of benzene rings is 3. The van der Waals surface area contributed by atoms with Crippen molar-refractivity contribution in [2.75, 3.05) is 59.3 Å². The Morgan fingerprint density at radius 1 is 0.768 bits per heavy atom. The number of rotatable bonds is 20. The summed E-state index contributed by atoms with van der Waals surface area (Å²) in [6.07, 6.45) is 0.596. The number of nitrogens with one attached hydrogen (secondary N) is 2. The summed E-state index contributed by atoms with van der Waals surface area (Å²) in [4.78, 5) is 37.1. The third kappa shape index (κ3) is 11.5. The second kappa shape index (κ2) is 19.9. The molecule has 5 rings (SSSR count). The van der Waals surface area contributed by atoms with Crippen LogP contribution in [0.5, 0.6) is 5.75 Å². The number of amides is 2. The van der Waals surface area contributed by atoms with Crippen molar-refractivity contribution < 1.29 is 43.2 Å². The van der Waals surface area contributed by atoms with Crippen molar-refractivity contribution in [3.05, 3.63) is 101 Å². The molecule has 0 aliphatic carbocycles. The minimum atomic E-state index is -1.09. The van der Waals surface area contributed by atoms with Crippen LogP contribution in [0.25, 0.3) is 27.5 Å². The van der Waals surface area contributed by atoms with Crippen LogP contribution in [0.15, 0.2) is 72.8 Å². The first-order chi connectivity index (χ1) is 26.9. The highest BCUT2D eigenvalue weighted by molar-refractivity contribution is 5.96. The number of carboxylic acids is 1. The summed E-state index contributed by atoms with van der Waals surface area (Å²) in [7, 11) is 0. The predicted octanol–water partition coefficient (Wildman–Crippen LogP) is 6.79. The summed E-state index contributed by atoms with van der Waals surface area (Å²) in [6.45, 7) is 12.6. The number of fused-ring (bicyclic) bond motifs is 2. The van der Waals surface area contributed by atoms with E-state index in [2.05, 4.69) is 15.7 Å². The number of alkyl carbamates (subject to hydrolysis) is 1. The van der Waals surface area contributed by atoms with E-state index in [0.717, 1.165) is 38.9 Å². The molecule has 3 N–H and O–H groups in total. The Morgan fingerprint density at radius 2 is 1.39 bits per heavy atom. The lowest BCUT2D eigenvalue weighted by Gasteiger charge is -2.19. The fourth-order valence-electron chi connectivity index (χ4n) is 6.40. The quantitative estimate of drug-likeness (QED) is 0.0721. The van der Waals surface area contributed by atoms with Gasteiger partial charge in [0.1, 0.15) is 11.4 Å². The summed E-state index contributed by atoms with van der Waals surface area (Å²) in [5, 5.41) is 22.4. The first-order valence-electron chi connectivity index (χ1n) is 18.9. The molecule has 0 fully saturated rings. The first kappa shape index (κ1) is 41.7. The number of aromatic nitrogens is 2. The van der Waals surface area contributed by atoms with E-state index in [0.29, 0.717) is 88.8 Å². The van der Waals surface area contributed by atoms with Gasteiger partial charge in [0, 0.05) is 35.2 Å². The Kier molecular flexibility index (Phi) is 14.8. The van der Waals surface area contributed by atoms with Crippen LogP contribution in [0.3, 0.4) is 0 Å². The van der Waals surface area contributed by atoms with E-state index in [9.17, 15) is 19.5 Å². The molecule has 2 heterocycles. The summed E-state index contributed by atoms with van der Waals surface area (Å²) < 4.78 is 29.5. The number of hydrogen-bond donors (Lipinski definition) is 3. The van der Waals surface area contributed by atoms with Crippen molar-refractivity contribution in [2.24, 2.45) is 0 Å². The number of aryl methyl sites for hydroxylation is 3. The highest BCUT2D eigenvalue weighted by atomic mass is 16.6. The van der Waals surface area contributed by atoms with Gasteiger partial charge in [0.2, 0.25) is 0 Å². The second-order valence-corrected chi connectivity index (χ2v) is 14.3. The largest absolute Gasteiger partial charge is 0.493 e. The molecule has 3 aromatic carbocycles. The lowest BCUT2D eigenvalue weighted by molar-refractivity contribution is 0.0145. The Morgan fingerprint density at radius 3 is 2.07 bits per heavy atom. The van der Waals surface area contributed by atoms with E-state index < -0.39 is 17.7 Å². The van der Waals surface area contributed by atoms with E-state index in [1.807, 2.05) is 86.6 Å². The standard InChI is InChI=1S/C43H52N4O9/c1-29-27-32(40(48)44-18-21-52-23-25-54-26-24-53-22-19-45-42(51)56-43(3,4)5)28-30(2)38(29)36-16-9-15-35-34(39(41(49)50)46-47(35)36)14-10-20-55-37-17-8-12-31-11-6-7-13-33(31)37/h6-9,11-13,15-17,27-28H,10,14,18-26H2,1-5H3,(H,44,48)(H,45,51)(H,49,50). The van der Waals surface area contributed by atoms with Gasteiger partial charge in [-0.1, -0.05) is 42.5 Å². The second-order valence-electron chi connectivity index (χ2n) is 14.3. The molecule has 0 aliphatic rings. The molecule has 2 amide bonds. The summed E-state index contributed by atoms with van der Waals surface area (Å²) in [6, 6.07) is 23.3. The summed E-state index contributed by atoms with van der Waals surface area (Å²) in [5.41, 5.74) is 4.68. The van der Waals surface area contributed by atoms with Crippen molar-refractivity contribution in [3.63, 3.8) is 0 Å². The van der Waals surface area contributed by atoms with Crippen LogP contribution in [-0.2, 0) is 25.4 Å². The Hall–Kier alpha value is -5.50. The molecule has 0 saturated heterocycles. The van der Waals surface area contributed by atoms with Gasteiger partial charge in [-0.05, 0) is 94.3 Å². The smallest absolute Gasteiger partial charge is 0.407 e. The molecule has 13 heteroatoms. The minimum absolute atomic E-state index is 0.0123. The molecule has 0 saturated carbocycles. The van der Waals surface area contributed by atoms with Crippen LogP contribution >= 0.6 is 0 Å². The topological polar surface area (TPSA) is 159 Å². The van der Waals surface area contributed by atoms with Crippen LogP contribution in [0.1, 0.15) is 64.7 Å². The highest BCUT2D eigenvalue weighted by Crippen LogP contribution is 2.31. The molecule has 0 aliphatic heterocycles. The van der Waals surface area contributed by atoms with E-state index in [4.69, 9.17) is 23.7 Å². The third-order valence-corrected chi connectivity index (χ3v) is 8.78. The van der Waals surface area contributed by atoms with Crippen LogP contribution < -0.4 is 15.4 Å². The molecule has 56 heavy (non-hydrogen) atoms. The zero-order valence-corrected chi connectivity index (χ0v) is 32.8. The zero-order chi connectivity index (χ0) is 40.1. The number of carbonyl (C=O) groups excluding carboxylic acids is 2. The lowest BCUT2D eigenvalue weighted by Crippen LogP contribution is -2.34. The molecule has 0 radical (unpaired) electrons. The number of ether oxygens (including phenoxy) is 5. The van der Waals surface area contributed by atoms with E-state index in [1.54, 1.807) is 25.3 Å². The van der Waals surface area contributed by atoms with Gasteiger partial charge in [-0.15, -0.1) is 0 Å². The molecule has 0 unspecified atom stereocenters. The molecule has 13 nitrogen and oxygen atoms in total. The molecule has 5 aromatic rings. The van der Waals surface area contributed by atoms with Gasteiger partial charge in [-0.25, -0.2) is 14.1 Å². The summed E-state index contributed by atoms with van der Waals surface area (Å²) in [5.74, 6) is -0.515. The number of nitrogens with zero attached hydrogens (tertiary/aromatic N) is 2. The average molecular weight is 769 g/mol. The fourth-order valence-corrected chi connectivity index (χ4v) is 6.40. The number of hydrogen-bond acceptors (Lipinski definition) is 9. The van der Waals surface area contributed by atoms with Gasteiger partial charge in [0.15, 0.2) is 5.69 Å². The van der Waals surface area contributed by atoms with Crippen molar-refractivity contribution >= 4 is 34.3 Å². The first-order valence-corrected chi connectivity index (χ1v) is 18.9. The third-order valence-electron chi connectivity index (χ3n) is 8.78. The predicted molar refractivity (Wildman–Crippen MR) is 214 cm³/mol. The molecular formula is C43H52N4O9. The maximum absolute atomic E-state index is 13.1. The van der Waals surface area contributed by atoms with Gasteiger partial charge < -0.3 is 39.4 Å². The Labute approximate surface area is 327 Å². The molecule has 298 valence electrons. The number of pyridine rings is 1. The molecule has 0 atom stereocenters. The maximum atomic E-state index is 13.1. The number of carboxylic acid groups (broad SMARTS) is 1. The van der Waals surface area contributed by atoms with Gasteiger partial charge >= 0.3 is 12.1 Å². The zero-order valence-electron chi connectivity index (χ0n) is 32.8. The SMILES string of the molecule is Cc1cc(C(=O)NCCOCCOCCOCCNC(=O)OC(C)(C)C)cc(C)c1-c1cccc2c(CCCOc3cccc4ccccc34)c(C(=O)O)nn12. The van der Waals surface area contributed by atoms with Crippen molar-refractivity contribution in [3.8, 4) is 17.0 Å². The van der Waals surface area contributed by atoms with E-state index in [1.165, 1.54) is 0 Å². The van der Waals surface area contributed by atoms with Crippen LogP contribution in [-0.4, -0.2) is 97.6 Å². The van der Waals surface area contributed by atoms with Crippen molar-refractivity contribution in [1.82, 2.24) is 20.2 Å². The van der Waals surface area contributed by atoms with Crippen LogP contribution in [0, 0.1) is 13.8 Å². The molecule has 2 aromatic heterocycles. The van der Waals surface area contributed by atoms with Gasteiger partial charge in [0.05, 0.1) is 57.5 Å². The average Bonchev–Trinajstić information content (AvgIpc) is 3.53. The molecule has 0 bridgehead atoms. The lowest BCUT2D eigenvalue weighted by atomic mass is 9.96. The number of aromatic carboxylic acids is 1. The van der Waals surface area contributed by atoms with Gasteiger partial charge in [-0.2, -0.15) is 5.10 Å². The van der Waals surface area contributed by atoms with Crippen molar-refractivity contribution in [2.45, 2.75) is 53.1 Å². The van der Waals surface area contributed by atoms with Gasteiger partial charge in [0.25, 0.3) is 5.91 Å². The Bertz CT molecular complexity index is 2090. The van der Waals surface area contributed by atoms with Gasteiger partial charge in [-0.3, -0.25) is 4.79 Å². The maximum Gasteiger partial charge on any atom is 0.407 e. The highest BCUT2D eigenvalue weighted by Gasteiger charge is 2.22. The summed E-state index contributed by atoms with van der Waals surface area (Å²) >= 11 is 0. The Balaban J connectivity index is 1.08. The monoisotopic (exact) mass is 768 g/mol. The van der Waals surface area contributed by atoms with Crippen LogP contribution in [0.2, 0.25) is 0 Å². The molecular weight excluding hydrogens is 716 g/mol. The minimum Gasteiger partial charge on any atom is -0.493 e.